The van der Waals surface area contributed by atoms with Gasteiger partial charge in [0.05, 0.1) is 0 Å². The highest BCUT2D eigenvalue weighted by Gasteiger charge is 2.41. The highest BCUT2D eigenvalue weighted by molar-refractivity contribution is 8.79. The minimum absolute atomic E-state index is 0.0258. The van der Waals surface area contributed by atoms with E-state index in [2.05, 4.69) is 13.8 Å². The predicted molar refractivity (Wildman–Crippen MR) is 76.0 cm³/mol. The zero-order chi connectivity index (χ0) is 11.6. The molecule has 0 aliphatic rings. The summed E-state index contributed by atoms with van der Waals surface area (Å²) in [6.07, 6.45) is 1.77. The Hall–Kier alpha value is 1.86. The summed E-state index contributed by atoms with van der Waals surface area (Å²) in [6, 6.07) is 0. The normalized spacial score (nSPS) is 19.1. The van der Waals surface area contributed by atoms with E-state index in [1.807, 2.05) is 13.8 Å². The van der Waals surface area contributed by atoms with Crippen molar-refractivity contribution in [1.82, 2.24) is 0 Å². The van der Waals surface area contributed by atoms with Gasteiger partial charge in [-0.25, -0.2) is 0 Å². The Balaban J connectivity index is 4.65. The van der Waals surface area contributed by atoms with Crippen LogP contribution in [0.25, 0.3) is 0 Å². The third kappa shape index (κ3) is 4.39. The van der Waals surface area contributed by atoms with E-state index in [0.29, 0.717) is 0 Å². The summed E-state index contributed by atoms with van der Waals surface area (Å²) in [5.74, 6) is 0. The SMILES string of the molecule is CCC(C)(CC(C)(C)S(Cl)(Cl)Cl)SCl. The largest absolute Gasteiger partial charge is 0.0640 e. The maximum Gasteiger partial charge on any atom is 0.0347 e. The molecule has 0 aromatic carbocycles. The smallest absolute Gasteiger partial charge is 0.0347 e. The van der Waals surface area contributed by atoms with Gasteiger partial charge in [0.15, 0.2) is 0 Å². The molecule has 0 radical (unpaired) electrons. The zero-order valence-corrected chi connectivity index (χ0v) is 13.4. The molecule has 0 aliphatic carbocycles. The van der Waals surface area contributed by atoms with Gasteiger partial charge in [-0.15, -0.1) is 0 Å². The van der Waals surface area contributed by atoms with Crippen molar-refractivity contribution in [2.45, 2.75) is 50.0 Å². The van der Waals surface area contributed by atoms with Gasteiger partial charge < -0.3 is 0 Å². The van der Waals surface area contributed by atoms with Gasteiger partial charge in [-0.05, 0) is 87.3 Å². The Morgan fingerprint density at radius 1 is 1.14 bits per heavy atom. The first-order valence-corrected chi connectivity index (χ1v) is 10.0. The van der Waals surface area contributed by atoms with E-state index < -0.39 is 7.67 Å². The number of rotatable bonds is 5. The molecule has 6 heteroatoms. The van der Waals surface area contributed by atoms with E-state index in [9.17, 15) is 0 Å². The fourth-order valence-electron chi connectivity index (χ4n) is 1.19. The Labute approximate surface area is 111 Å². The van der Waals surface area contributed by atoms with Gasteiger partial charge in [0.25, 0.3) is 0 Å². The first kappa shape index (κ1) is 15.9. The molecule has 1 atom stereocenters. The van der Waals surface area contributed by atoms with E-state index in [1.165, 1.54) is 11.0 Å². The topological polar surface area (TPSA) is 0 Å². The standard InChI is InChI=1S/C8H16Cl4S2/c1-5-8(4,13-9)6-7(2,3)14(10,11)12/h5-6H2,1-4H3. The van der Waals surface area contributed by atoms with Crippen LogP contribution < -0.4 is 0 Å². The second-order valence-electron chi connectivity index (χ2n) is 4.22. The van der Waals surface area contributed by atoms with E-state index in [0.717, 1.165) is 12.8 Å². The van der Waals surface area contributed by atoms with Crippen molar-refractivity contribution < 1.29 is 0 Å². The maximum atomic E-state index is 6.01. The molecule has 0 aliphatic heterocycles. The van der Waals surface area contributed by atoms with Gasteiger partial charge in [-0.1, -0.05) is 6.92 Å². The van der Waals surface area contributed by atoms with Crippen LogP contribution in [0.3, 0.4) is 0 Å². The quantitative estimate of drug-likeness (QED) is 0.559. The Morgan fingerprint density at radius 3 is 1.79 bits per heavy atom. The Morgan fingerprint density at radius 2 is 1.57 bits per heavy atom. The van der Waals surface area contributed by atoms with Crippen LogP contribution in [0.15, 0.2) is 0 Å². The van der Waals surface area contributed by atoms with Gasteiger partial charge in [-0.2, -0.15) is 0 Å². The summed E-state index contributed by atoms with van der Waals surface area (Å²) in [5, 5.41) is 0. The van der Waals surface area contributed by atoms with Crippen LogP contribution in [0.1, 0.15) is 40.5 Å². The van der Waals surface area contributed by atoms with Crippen LogP contribution in [-0.4, -0.2) is 9.49 Å². The highest BCUT2D eigenvalue weighted by atomic mass is 36.2. The highest BCUT2D eigenvalue weighted by Crippen LogP contribution is 2.74. The van der Waals surface area contributed by atoms with E-state index >= 15 is 0 Å². The second kappa shape index (κ2) is 5.46. The molecule has 0 nitrogen and oxygen atoms in total. The van der Waals surface area contributed by atoms with Crippen LogP contribution in [0.2, 0.25) is 0 Å². The molecular formula is C8H16Cl4S2. The number of hydrogen-bond acceptors (Lipinski definition) is 1. The van der Waals surface area contributed by atoms with Crippen LogP contribution >= 0.6 is 61.4 Å². The second-order valence-corrected chi connectivity index (χ2v) is 13.3. The molecule has 0 bridgehead atoms. The molecule has 0 N–H and O–H groups in total. The lowest BCUT2D eigenvalue weighted by Gasteiger charge is -2.41. The minimum Gasteiger partial charge on any atom is -0.0640 e. The molecule has 0 amide bonds. The molecule has 0 spiro atoms. The zero-order valence-electron chi connectivity index (χ0n) is 8.74. The van der Waals surface area contributed by atoms with E-state index in [1.54, 1.807) is 0 Å². The van der Waals surface area contributed by atoms with Crippen molar-refractivity contribution in [1.29, 1.82) is 0 Å². The lowest BCUT2D eigenvalue weighted by atomic mass is 9.95. The molecule has 0 rings (SSSR count). The first-order chi connectivity index (χ1) is 6.08. The van der Waals surface area contributed by atoms with Gasteiger partial charge >= 0.3 is 0 Å². The van der Waals surface area contributed by atoms with Crippen LogP contribution in [-0.2, 0) is 0 Å². The third-order valence-corrected chi connectivity index (χ3v) is 9.44. The summed E-state index contributed by atoms with van der Waals surface area (Å²) in [5.41, 5.74) is 0. The molecule has 0 aromatic rings. The molecule has 0 aromatic heterocycles. The molecule has 14 heavy (non-hydrogen) atoms. The molecule has 1 unspecified atom stereocenters. The number of hydrogen-bond donors (Lipinski definition) is 0. The Bertz CT molecular complexity index is 184. The summed E-state index contributed by atoms with van der Waals surface area (Å²) in [7, 11) is 23.1. The van der Waals surface area contributed by atoms with Crippen LogP contribution in [0.4, 0.5) is 0 Å². The molecule has 88 valence electrons. The molecule has 0 saturated carbocycles. The minimum atomic E-state index is -2.11. The van der Waals surface area contributed by atoms with Crippen molar-refractivity contribution in [2.24, 2.45) is 0 Å². The number of halogens is 4. The van der Waals surface area contributed by atoms with Crippen LogP contribution in [0, 0.1) is 0 Å². The monoisotopic (exact) mass is 316 g/mol. The summed E-state index contributed by atoms with van der Waals surface area (Å²) in [4.78, 5) is 0. The van der Waals surface area contributed by atoms with E-state index in [-0.39, 0.29) is 9.49 Å². The Kier molecular flexibility index (Phi) is 6.19. The van der Waals surface area contributed by atoms with Crippen molar-refractivity contribution in [3.05, 3.63) is 0 Å². The molecule has 0 saturated heterocycles. The predicted octanol–water partition coefficient (Wildman–Crippen LogP) is 6.48. The summed E-state index contributed by atoms with van der Waals surface area (Å²) >= 11 is 0. The first-order valence-electron chi connectivity index (χ1n) is 4.29. The lowest BCUT2D eigenvalue weighted by Crippen LogP contribution is -2.31. The van der Waals surface area contributed by atoms with Gasteiger partial charge in [0.1, 0.15) is 0 Å². The summed E-state index contributed by atoms with van der Waals surface area (Å²) in [6.45, 7) is 8.16. The fraction of sp³-hybridized carbons (Fsp3) is 1.00. The molecular weight excluding hydrogens is 302 g/mol. The van der Waals surface area contributed by atoms with Crippen molar-refractivity contribution in [2.75, 3.05) is 0 Å². The van der Waals surface area contributed by atoms with Crippen molar-refractivity contribution >= 4 is 61.4 Å². The summed E-state index contributed by atoms with van der Waals surface area (Å²) < 4.78 is -0.327. The average molecular weight is 318 g/mol. The fourth-order valence-corrected chi connectivity index (χ4v) is 3.27. The lowest BCUT2D eigenvalue weighted by molar-refractivity contribution is 0.500. The third-order valence-electron chi connectivity index (χ3n) is 2.36. The van der Waals surface area contributed by atoms with E-state index in [4.69, 9.17) is 42.7 Å². The van der Waals surface area contributed by atoms with Gasteiger partial charge in [0, 0.05) is 17.2 Å². The molecule has 0 fully saturated rings. The van der Waals surface area contributed by atoms with Crippen molar-refractivity contribution in [3.63, 3.8) is 0 Å². The van der Waals surface area contributed by atoms with Crippen LogP contribution in [0.5, 0.6) is 0 Å². The van der Waals surface area contributed by atoms with Gasteiger partial charge in [-0.3, -0.25) is 0 Å². The van der Waals surface area contributed by atoms with Crippen molar-refractivity contribution in [3.8, 4) is 0 Å². The maximum absolute atomic E-state index is 6.01. The van der Waals surface area contributed by atoms with Gasteiger partial charge in [0.2, 0.25) is 0 Å². The molecule has 0 heterocycles. The average Bonchev–Trinajstić information content (AvgIpc) is 2.01.